The van der Waals surface area contributed by atoms with Crippen LogP contribution in [0, 0.1) is 11.6 Å². The van der Waals surface area contributed by atoms with Crippen molar-refractivity contribution in [2.75, 3.05) is 18.4 Å². The highest BCUT2D eigenvalue weighted by Gasteiger charge is 2.18. The topological polar surface area (TPSA) is 207 Å². The van der Waals surface area contributed by atoms with Gasteiger partial charge in [-0.15, -0.1) is 0 Å². The Balaban J connectivity index is 0.000000145. The molecule has 0 atom stereocenters. The molecule has 0 saturated heterocycles. The van der Waals surface area contributed by atoms with Crippen LogP contribution in [-0.2, 0) is 12.8 Å². The Morgan fingerprint density at radius 1 is 0.683 bits per heavy atom. The van der Waals surface area contributed by atoms with E-state index in [1.54, 1.807) is 35.5 Å². The first-order valence-corrected chi connectivity index (χ1v) is 20.6. The molecule has 0 amide bonds. The summed E-state index contributed by atoms with van der Waals surface area (Å²) < 4.78 is 30.1. The highest BCUT2D eigenvalue weighted by atomic mass is 35.5. The molecule has 10 aromatic rings. The zero-order chi connectivity index (χ0) is 44.0. The van der Waals surface area contributed by atoms with Crippen LogP contribution in [0.25, 0.3) is 56.1 Å². The van der Waals surface area contributed by atoms with Crippen molar-refractivity contribution in [1.29, 1.82) is 0 Å². The van der Waals surface area contributed by atoms with Gasteiger partial charge in [0.1, 0.15) is 11.6 Å². The molecule has 0 fully saturated rings. The maximum absolute atomic E-state index is 13.7. The molecule has 0 aliphatic heterocycles. The normalized spacial score (nSPS) is 11.4. The molecule has 0 unspecified atom stereocenters. The molecule has 19 heteroatoms. The Labute approximate surface area is 364 Å². The van der Waals surface area contributed by atoms with E-state index in [0.29, 0.717) is 53.1 Å². The van der Waals surface area contributed by atoms with Gasteiger partial charge in [0.15, 0.2) is 22.9 Å². The molecule has 0 aliphatic rings. The summed E-state index contributed by atoms with van der Waals surface area (Å²) in [7, 11) is 0. The highest BCUT2D eigenvalue weighted by molar-refractivity contribution is 6.28. The molecular weight excluding hydrogens is 826 g/mol. The molecule has 0 aliphatic carbocycles. The van der Waals surface area contributed by atoms with E-state index in [9.17, 15) is 8.78 Å². The maximum atomic E-state index is 13.7. The number of rotatable bonds is 10. The van der Waals surface area contributed by atoms with Crippen LogP contribution in [0.15, 0.2) is 98.4 Å². The Hall–Kier alpha value is -7.31. The minimum Gasteiger partial charge on any atom is -0.360 e. The third-order valence-electron chi connectivity index (χ3n) is 10.0. The fourth-order valence-electron chi connectivity index (χ4n) is 6.88. The third kappa shape index (κ3) is 9.31. The minimum absolute atomic E-state index is 0.182. The number of H-pyrrole nitrogens is 2. The van der Waals surface area contributed by atoms with E-state index in [1.807, 2.05) is 50.5 Å². The number of halogens is 3. The minimum atomic E-state index is -0.445. The fourth-order valence-corrected chi connectivity index (χ4v) is 7.08. The lowest BCUT2D eigenvalue weighted by Gasteiger charge is -2.10. The van der Waals surface area contributed by atoms with Crippen LogP contribution < -0.4 is 11.1 Å². The molecular formula is C44H43ClF2N16. The second-order valence-corrected chi connectivity index (χ2v) is 15.4. The highest BCUT2D eigenvalue weighted by Crippen LogP contribution is 2.26. The van der Waals surface area contributed by atoms with Gasteiger partial charge < -0.3 is 21.0 Å². The number of nitrogens with two attached hydrogens (primary N) is 1. The summed E-state index contributed by atoms with van der Waals surface area (Å²) in [5.74, 6) is 0.881. The number of hydrogen-bond acceptors (Lipinski definition) is 12. The van der Waals surface area contributed by atoms with Gasteiger partial charge in [0.25, 0.3) is 0 Å². The maximum Gasteiger partial charge on any atom is 0.227 e. The molecule has 0 aromatic carbocycles. The van der Waals surface area contributed by atoms with Gasteiger partial charge in [-0.3, -0.25) is 19.9 Å². The van der Waals surface area contributed by atoms with Crippen molar-refractivity contribution < 1.29 is 8.78 Å². The molecule has 0 spiro atoms. The summed E-state index contributed by atoms with van der Waals surface area (Å²) in [6.07, 6.45) is 18.0. The second-order valence-electron chi connectivity index (χ2n) is 15.1. The predicted molar refractivity (Wildman–Crippen MR) is 238 cm³/mol. The van der Waals surface area contributed by atoms with Crippen molar-refractivity contribution in [3.05, 3.63) is 138 Å². The number of aromatic amines is 2. The molecule has 5 N–H and O–H groups in total. The molecule has 10 rings (SSSR count). The van der Waals surface area contributed by atoms with Gasteiger partial charge in [0.2, 0.25) is 11.2 Å². The lowest BCUT2D eigenvalue weighted by Crippen LogP contribution is -2.12. The summed E-state index contributed by atoms with van der Waals surface area (Å²) in [6.45, 7) is 9.53. The van der Waals surface area contributed by atoms with Gasteiger partial charge in [0.05, 0.1) is 46.9 Å². The van der Waals surface area contributed by atoms with Crippen LogP contribution in [0.1, 0.15) is 61.8 Å². The van der Waals surface area contributed by atoms with Crippen LogP contribution in [0.3, 0.4) is 0 Å². The molecule has 0 bridgehead atoms. The van der Waals surface area contributed by atoms with Gasteiger partial charge in [-0.05, 0) is 90.3 Å². The van der Waals surface area contributed by atoms with Crippen LogP contribution in [0.4, 0.5) is 14.7 Å². The standard InChI is InChI=1S/C22H21FN8.C13H11ClFN5.C9H11N3/c1-13(2)17-12-28-31-21(17)29-20(15-8-16(23)11-24-9-15)30-22(31)26-7-5-14-10-27-18-4-3-6-25-19(14)18;1-7(2)10-6-17-20-12(10)18-11(19-13(20)14)8-3-9(15)5-16-4-8;10-4-3-7-6-12-8-2-1-5-11-9(7)8/h3-4,6,8-13,27H,5,7H2,1-2H3,(H,26,29,30);3-7H,1-2H3;1-2,5-6,12H,3-4,10H2. The van der Waals surface area contributed by atoms with Crippen LogP contribution in [-0.4, -0.2) is 82.2 Å². The number of nitrogens with zero attached hydrogens (tertiary/aromatic N) is 12. The van der Waals surface area contributed by atoms with Gasteiger partial charge in [-0.25, -0.2) is 18.7 Å². The van der Waals surface area contributed by atoms with Gasteiger partial charge in [0, 0.05) is 66.0 Å². The van der Waals surface area contributed by atoms with Crippen molar-refractivity contribution in [2.45, 2.75) is 52.4 Å². The Bertz CT molecular complexity index is 3150. The first kappa shape index (κ1) is 42.4. The average molecular weight is 869 g/mol. The molecule has 320 valence electrons. The fraction of sp³-hybridized carbons (Fsp3) is 0.227. The van der Waals surface area contributed by atoms with E-state index in [4.69, 9.17) is 17.3 Å². The first-order chi connectivity index (χ1) is 30.6. The number of anilines is 1. The molecule has 0 radical (unpaired) electrons. The monoisotopic (exact) mass is 868 g/mol. The van der Waals surface area contributed by atoms with Crippen molar-refractivity contribution >= 4 is 50.9 Å². The molecule has 0 saturated carbocycles. The molecule has 63 heavy (non-hydrogen) atoms. The van der Waals surface area contributed by atoms with E-state index in [1.165, 1.54) is 28.4 Å². The Morgan fingerprint density at radius 2 is 1.21 bits per heavy atom. The van der Waals surface area contributed by atoms with E-state index < -0.39 is 11.6 Å². The van der Waals surface area contributed by atoms with Crippen LogP contribution in [0.5, 0.6) is 0 Å². The largest absolute Gasteiger partial charge is 0.360 e. The number of hydrogen-bond donors (Lipinski definition) is 4. The first-order valence-electron chi connectivity index (χ1n) is 20.2. The van der Waals surface area contributed by atoms with Crippen LogP contribution >= 0.6 is 11.6 Å². The zero-order valence-electron chi connectivity index (χ0n) is 34.8. The predicted octanol–water partition coefficient (Wildman–Crippen LogP) is 8.15. The smallest absolute Gasteiger partial charge is 0.227 e. The zero-order valence-corrected chi connectivity index (χ0v) is 35.6. The molecule has 10 heterocycles. The summed E-state index contributed by atoms with van der Waals surface area (Å²) in [4.78, 5) is 40.7. The van der Waals surface area contributed by atoms with E-state index in [2.05, 4.69) is 79.2 Å². The second kappa shape index (κ2) is 18.8. The van der Waals surface area contributed by atoms with Gasteiger partial charge in [-0.1, -0.05) is 27.7 Å². The number of pyridine rings is 4. The Morgan fingerprint density at radius 3 is 1.75 bits per heavy atom. The summed E-state index contributed by atoms with van der Waals surface area (Å²) in [5, 5.41) is 12.2. The third-order valence-corrected chi connectivity index (χ3v) is 10.3. The number of nitrogens with one attached hydrogen (secondary N) is 3. The van der Waals surface area contributed by atoms with Crippen molar-refractivity contribution in [3.8, 4) is 22.8 Å². The SMILES string of the molecule is CC(C)c1cnn2c(Cl)nc(-c3cncc(F)c3)nc12.CC(C)c1cnn2c(NCCc3c[nH]c4cccnc34)nc(-c3cncc(F)c3)nc12.NCCc1c[nH]c2cccnc12. The Kier molecular flexibility index (Phi) is 12.6. The summed E-state index contributed by atoms with van der Waals surface area (Å²) in [5.41, 5.74) is 16.2. The van der Waals surface area contributed by atoms with Gasteiger partial charge >= 0.3 is 0 Å². The molecule has 10 aromatic heterocycles. The summed E-state index contributed by atoms with van der Waals surface area (Å²) in [6, 6.07) is 10.6. The lowest BCUT2D eigenvalue weighted by molar-refractivity contribution is 0.621. The molecule has 16 nitrogen and oxygen atoms in total. The average Bonchev–Trinajstić information content (AvgIpc) is 4.10. The lowest BCUT2D eigenvalue weighted by atomic mass is 10.1. The van der Waals surface area contributed by atoms with E-state index in [-0.39, 0.29) is 17.1 Å². The van der Waals surface area contributed by atoms with E-state index >= 15 is 0 Å². The number of aromatic nitrogens is 14. The summed E-state index contributed by atoms with van der Waals surface area (Å²) >= 11 is 6.11. The quantitative estimate of drug-likeness (QED) is 0.103. The van der Waals surface area contributed by atoms with Crippen molar-refractivity contribution in [3.63, 3.8) is 0 Å². The van der Waals surface area contributed by atoms with Crippen molar-refractivity contribution in [1.82, 2.24) is 69.1 Å². The van der Waals surface area contributed by atoms with Gasteiger partial charge in [-0.2, -0.15) is 29.2 Å². The van der Waals surface area contributed by atoms with Crippen LogP contribution in [0.2, 0.25) is 5.28 Å². The van der Waals surface area contributed by atoms with Crippen molar-refractivity contribution in [2.24, 2.45) is 5.73 Å². The number of fused-ring (bicyclic) bond motifs is 4. The van der Waals surface area contributed by atoms with E-state index in [0.717, 1.165) is 64.0 Å².